The summed E-state index contributed by atoms with van der Waals surface area (Å²) < 4.78 is 5.63. The third-order valence-corrected chi connectivity index (χ3v) is 6.37. The number of alkyl carbamates (subject to hydrolysis) is 1. The van der Waals surface area contributed by atoms with Gasteiger partial charge in [-0.2, -0.15) is 0 Å². The molecule has 0 fully saturated rings. The lowest BCUT2D eigenvalue weighted by molar-refractivity contribution is -0.143. The molecule has 0 saturated heterocycles. The molecule has 2 N–H and O–H groups in total. The molecule has 34 heavy (non-hydrogen) atoms. The number of hydrogen-bond donors (Lipinski definition) is 2. The summed E-state index contributed by atoms with van der Waals surface area (Å²) in [6, 6.07) is 15.9. The van der Waals surface area contributed by atoms with Gasteiger partial charge in [0, 0.05) is 31.5 Å². The maximum absolute atomic E-state index is 12.8. The van der Waals surface area contributed by atoms with Gasteiger partial charge in [-0.25, -0.2) is 4.79 Å². The van der Waals surface area contributed by atoms with Crippen LogP contribution >= 0.6 is 0 Å². The van der Waals surface area contributed by atoms with Crippen LogP contribution in [-0.4, -0.2) is 53.7 Å². The van der Waals surface area contributed by atoms with Crippen molar-refractivity contribution in [3.63, 3.8) is 0 Å². The monoisotopic (exact) mass is 466 g/mol. The largest absolute Gasteiger partial charge is 0.481 e. The first kappa shape index (κ1) is 25.3. The highest BCUT2D eigenvalue weighted by Crippen LogP contribution is 2.44. The summed E-state index contributed by atoms with van der Waals surface area (Å²) in [6.45, 7) is 6.16. The number of hydrogen-bond acceptors (Lipinski definition) is 4. The van der Waals surface area contributed by atoms with Gasteiger partial charge in [0.15, 0.2) is 0 Å². The fourth-order valence-corrected chi connectivity index (χ4v) is 4.54. The van der Waals surface area contributed by atoms with E-state index in [-0.39, 0.29) is 37.4 Å². The van der Waals surface area contributed by atoms with Gasteiger partial charge in [0.2, 0.25) is 5.91 Å². The first-order chi connectivity index (χ1) is 16.3. The average molecular weight is 467 g/mol. The number of nitrogens with zero attached hydrogens (tertiary/aromatic N) is 1. The molecule has 2 aromatic carbocycles. The van der Waals surface area contributed by atoms with Gasteiger partial charge in [-0.1, -0.05) is 68.8 Å². The van der Waals surface area contributed by atoms with Gasteiger partial charge in [0.1, 0.15) is 6.61 Å². The second-order valence-corrected chi connectivity index (χ2v) is 8.83. The predicted octanol–water partition coefficient (Wildman–Crippen LogP) is 4.65. The Morgan fingerprint density at radius 2 is 1.62 bits per heavy atom. The third kappa shape index (κ3) is 5.95. The summed E-state index contributed by atoms with van der Waals surface area (Å²) in [6.07, 6.45) is 0.981. The van der Waals surface area contributed by atoms with Crippen molar-refractivity contribution in [1.29, 1.82) is 0 Å². The van der Waals surface area contributed by atoms with Crippen LogP contribution in [0.1, 0.15) is 57.1 Å². The summed E-state index contributed by atoms with van der Waals surface area (Å²) in [4.78, 5) is 38.1. The Hall–Kier alpha value is -3.35. The number of carboxylic acids is 1. The van der Waals surface area contributed by atoms with E-state index in [1.54, 1.807) is 6.92 Å². The molecule has 3 rings (SSSR count). The van der Waals surface area contributed by atoms with E-state index >= 15 is 0 Å². The highest BCUT2D eigenvalue weighted by atomic mass is 16.5. The van der Waals surface area contributed by atoms with Gasteiger partial charge in [0.25, 0.3) is 0 Å². The average Bonchev–Trinajstić information content (AvgIpc) is 3.14. The molecule has 0 spiro atoms. The van der Waals surface area contributed by atoms with Crippen molar-refractivity contribution in [2.24, 2.45) is 5.92 Å². The van der Waals surface area contributed by atoms with Crippen molar-refractivity contribution in [2.75, 3.05) is 19.7 Å². The van der Waals surface area contributed by atoms with E-state index in [1.165, 1.54) is 4.90 Å². The maximum Gasteiger partial charge on any atom is 0.407 e. The van der Waals surface area contributed by atoms with Gasteiger partial charge >= 0.3 is 12.1 Å². The van der Waals surface area contributed by atoms with Crippen molar-refractivity contribution < 1.29 is 24.2 Å². The van der Waals surface area contributed by atoms with Crippen LogP contribution < -0.4 is 5.32 Å². The Morgan fingerprint density at radius 3 is 2.15 bits per heavy atom. The molecular formula is C27H34N2O5. The van der Waals surface area contributed by atoms with Crippen LogP contribution in [0.2, 0.25) is 0 Å². The summed E-state index contributed by atoms with van der Waals surface area (Å²) in [5.41, 5.74) is 4.61. The minimum absolute atomic E-state index is 0.0301. The summed E-state index contributed by atoms with van der Waals surface area (Å²) in [7, 11) is 0. The fourth-order valence-electron chi connectivity index (χ4n) is 4.54. The van der Waals surface area contributed by atoms with Gasteiger partial charge in [-0.15, -0.1) is 0 Å². The lowest BCUT2D eigenvalue weighted by Crippen LogP contribution is -2.43. The highest BCUT2D eigenvalue weighted by molar-refractivity contribution is 5.80. The van der Waals surface area contributed by atoms with E-state index < -0.39 is 18.0 Å². The van der Waals surface area contributed by atoms with Crippen LogP contribution in [0.5, 0.6) is 0 Å². The van der Waals surface area contributed by atoms with Crippen molar-refractivity contribution >= 4 is 18.0 Å². The number of carbonyl (C=O) groups excluding carboxylic acids is 2. The number of aliphatic carboxylic acids is 1. The summed E-state index contributed by atoms with van der Waals surface area (Å²) in [5, 5.41) is 12.0. The zero-order valence-corrected chi connectivity index (χ0v) is 20.1. The van der Waals surface area contributed by atoms with Crippen molar-refractivity contribution in [3.8, 4) is 11.1 Å². The number of carbonyl (C=O) groups is 3. The van der Waals surface area contributed by atoms with Gasteiger partial charge in [0.05, 0.1) is 5.92 Å². The van der Waals surface area contributed by atoms with E-state index in [0.717, 1.165) is 28.7 Å². The Bertz CT molecular complexity index is 976. The molecule has 0 saturated carbocycles. The predicted molar refractivity (Wildman–Crippen MR) is 131 cm³/mol. The van der Waals surface area contributed by atoms with Crippen LogP contribution in [0.15, 0.2) is 48.5 Å². The number of ether oxygens (including phenoxy) is 1. The molecule has 2 aromatic rings. The SMILES string of the molecule is CCC[C@H](CC(=O)N(CC)CC(C)C(=O)O)NC(=O)OCC1c2ccccc2-c2ccccc21. The fraction of sp³-hybridized carbons (Fsp3) is 0.444. The van der Waals surface area contributed by atoms with Crippen LogP contribution in [0.25, 0.3) is 11.1 Å². The highest BCUT2D eigenvalue weighted by Gasteiger charge is 2.29. The molecule has 0 aliphatic heterocycles. The molecule has 0 heterocycles. The molecule has 2 atom stereocenters. The number of nitrogens with one attached hydrogen (secondary N) is 1. The molecule has 7 nitrogen and oxygen atoms in total. The second kappa shape index (κ2) is 11.7. The lowest BCUT2D eigenvalue weighted by atomic mass is 9.98. The Labute approximate surface area is 201 Å². The topological polar surface area (TPSA) is 95.9 Å². The molecule has 0 radical (unpaired) electrons. The quantitative estimate of drug-likeness (QED) is 0.502. The second-order valence-electron chi connectivity index (χ2n) is 8.83. The van der Waals surface area contributed by atoms with Gasteiger partial charge in [-0.3, -0.25) is 9.59 Å². The molecule has 2 amide bonds. The van der Waals surface area contributed by atoms with E-state index in [1.807, 2.05) is 38.1 Å². The van der Waals surface area contributed by atoms with E-state index in [4.69, 9.17) is 9.84 Å². The van der Waals surface area contributed by atoms with Gasteiger partial charge < -0.3 is 20.1 Å². The molecule has 0 aromatic heterocycles. The number of amides is 2. The molecule has 1 aliphatic carbocycles. The van der Waals surface area contributed by atoms with Crippen LogP contribution in [0, 0.1) is 5.92 Å². The Kier molecular flexibility index (Phi) is 8.68. The third-order valence-electron chi connectivity index (χ3n) is 6.37. The van der Waals surface area contributed by atoms with E-state index in [0.29, 0.717) is 13.0 Å². The zero-order chi connectivity index (χ0) is 24.7. The van der Waals surface area contributed by atoms with Crippen molar-refractivity contribution in [3.05, 3.63) is 59.7 Å². The standard InChI is InChI=1S/C27H34N2O5/c1-4-10-19(15-25(30)29(5-2)16-18(3)26(31)32)28-27(33)34-17-24-22-13-8-6-11-20(22)21-12-7-9-14-23(21)24/h6-9,11-14,18-19,24H,4-5,10,15-17H2,1-3H3,(H,28,33)(H,31,32)/t18?,19-/m1/s1. The Balaban J connectivity index is 1.60. The summed E-state index contributed by atoms with van der Waals surface area (Å²) in [5.74, 6) is -1.79. The number of fused-ring (bicyclic) bond motifs is 3. The van der Waals surface area contributed by atoms with Crippen LogP contribution in [0.4, 0.5) is 4.79 Å². The molecular weight excluding hydrogens is 432 g/mol. The molecule has 0 bridgehead atoms. The smallest absolute Gasteiger partial charge is 0.407 e. The van der Waals surface area contributed by atoms with Gasteiger partial charge in [-0.05, 0) is 35.6 Å². The minimum Gasteiger partial charge on any atom is -0.481 e. The van der Waals surface area contributed by atoms with Crippen LogP contribution in [-0.2, 0) is 14.3 Å². The number of carboxylic acid groups (broad SMARTS) is 1. The van der Waals surface area contributed by atoms with E-state index in [9.17, 15) is 14.4 Å². The van der Waals surface area contributed by atoms with E-state index in [2.05, 4.69) is 29.6 Å². The first-order valence-electron chi connectivity index (χ1n) is 12.0. The molecule has 182 valence electrons. The summed E-state index contributed by atoms with van der Waals surface area (Å²) >= 11 is 0. The molecule has 1 unspecified atom stereocenters. The zero-order valence-electron chi connectivity index (χ0n) is 20.1. The van der Waals surface area contributed by atoms with Crippen molar-refractivity contribution in [1.82, 2.24) is 10.2 Å². The Morgan fingerprint density at radius 1 is 1.03 bits per heavy atom. The molecule has 7 heteroatoms. The number of benzene rings is 2. The minimum atomic E-state index is -0.937. The van der Waals surface area contributed by atoms with Crippen molar-refractivity contribution in [2.45, 2.75) is 52.0 Å². The normalized spacial score (nSPS) is 14.0. The van der Waals surface area contributed by atoms with Crippen LogP contribution in [0.3, 0.4) is 0 Å². The maximum atomic E-state index is 12.8. The number of rotatable bonds is 11. The molecule has 1 aliphatic rings. The first-order valence-corrected chi connectivity index (χ1v) is 12.0. The lowest BCUT2D eigenvalue weighted by Gasteiger charge is -2.26.